The second kappa shape index (κ2) is 4.77. The minimum Gasteiger partial charge on any atom is -0.271 e. The monoisotopic (exact) mass is 208 g/mol. The zero-order chi connectivity index (χ0) is 10.7. The molecule has 1 unspecified atom stereocenters. The largest absolute Gasteiger partial charge is 0.271 e. The van der Waals surface area contributed by atoms with E-state index in [4.69, 9.17) is 5.84 Å². The van der Waals surface area contributed by atoms with E-state index in [1.807, 2.05) is 6.20 Å². The topological polar surface area (TPSA) is 55.9 Å². The quantitative estimate of drug-likeness (QED) is 0.551. The van der Waals surface area contributed by atoms with Crippen LogP contribution in [0.1, 0.15) is 44.3 Å². The SMILES string of the molecule is CCCn1nccc1C(CC1CC1)NN. The summed E-state index contributed by atoms with van der Waals surface area (Å²) < 4.78 is 2.06. The van der Waals surface area contributed by atoms with Crippen LogP contribution in [0, 0.1) is 5.92 Å². The standard InChI is InChI=1S/C11H20N4/c1-2-7-15-11(5-6-13-15)10(14-12)8-9-3-4-9/h5-6,9-10,14H,2-4,7-8,12H2,1H3. The normalized spacial score (nSPS) is 18.0. The van der Waals surface area contributed by atoms with E-state index in [2.05, 4.69) is 28.2 Å². The molecule has 1 aromatic rings. The molecule has 0 bridgehead atoms. The third-order valence-electron chi connectivity index (χ3n) is 3.01. The first-order chi connectivity index (χ1) is 7.35. The molecule has 1 aliphatic rings. The van der Waals surface area contributed by atoms with E-state index >= 15 is 0 Å². The number of aromatic nitrogens is 2. The first-order valence-corrected chi connectivity index (χ1v) is 5.83. The Labute approximate surface area is 90.8 Å². The summed E-state index contributed by atoms with van der Waals surface area (Å²) in [5.74, 6) is 6.49. The minimum atomic E-state index is 0.270. The molecule has 4 nitrogen and oxygen atoms in total. The van der Waals surface area contributed by atoms with Gasteiger partial charge in [-0.15, -0.1) is 0 Å². The summed E-state index contributed by atoms with van der Waals surface area (Å²) in [6.45, 7) is 3.14. The number of rotatable bonds is 6. The number of nitrogens with one attached hydrogen (secondary N) is 1. The summed E-state index contributed by atoms with van der Waals surface area (Å²) in [7, 11) is 0. The van der Waals surface area contributed by atoms with Gasteiger partial charge in [0.1, 0.15) is 0 Å². The second-order valence-corrected chi connectivity index (χ2v) is 4.38. The van der Waals surface area contributed by atoms with E-state index in [1.165, 1.54) is 18.5 Å². The molecule has 1 fully saturated rings. The lowest BCUT2D eigenvalue weighted by atomic mass is 10.1. The van der Waals surface area contributed by atoms with Crippen LogP contribution in [0.3, 0.4) is 0 Å². The molecular formula is C11H20N4. The van der Waals surface area contributed by atoms with Crippen LogP contribution in [0.25, 0.3) is 0 Å². The fourth-order valence-electron chi connectivity index (χ4n) is 2.00. The van der Waals surface area contributed by atoms with Gasteiger partial charge in [0.25, 0.3) is 0 Å². The van der Waals surface area contributed by atoms with Gasteiger partial charge in [0.15, 0.2) is 0 Å². The molecule has 1 heterocycles. The molecule has 4 heteroatoms. The maximum absolute atomic E-state index is 5.61. The van der Waals surface area contributed by atoms with Crippen molar-refractivity contribution < 1.29 is 0 Å². The molecule has 15 heavy (non-hydrogen) atoms. The third kappa shape index (κ3) is 2.58. The van der Waals surface area contributed by atoms with Crippen LogP contribution < -0.4 is 11.3 Å². The van der Waals surface area contributed by atoms with Crippen molar-refractivity contribution in [1.82, 2.24) is 15.2 Å². The van der Waals surface area contributed by atoms with E-state index in [1.54, 1.807) is 0 Å². The first kappa shape index (κ1) is 10.6. The molecule has 2 rings (SSSR count). The van der Waals surface area contributed by atoms with Crippen LogP contribution >= 0.6 is 0 Å². The van der Waals surface area contributed by atoms with Crippen molar-refractivity contribution in [3.05, 3.63) is 18.0 Å². The van der Waals surface area contributed by atoms with Gasteiger partial charge in [0, 0.05) is 12.7 Å². The molecule has 0 spiro atoms. The number of hydrazine groups is 1. The molecule has 0 amide bonds. The minimum absolute atomic E-state index is 0.270. The zero-order valence-electron chi connectivity index (χ0n) is 9.32. The van der Waals surface area contributed by atoms with Crippen molar-refractivity contribution >= 4 is 0 Å². The fraction of sp³-hybridized carbons (Fsp3) is 0.727. The lowest BCUT2D eigenvalue weighted by Gasteiger charge is -2.17. The van der Waals surface area contributed by atoms with Crippen molar-refractivity contribution in [2.75, 3.05) is 0 Å². The lowest BCUT2D eigenvalue weighted by molar-refractivity contribution is 0.439. The van der Waals surface area contributed by atoms with Gasteiger partial charge in [-0.2, -0.15) is 5.10 Å². The Morgan fingerprint density at radius 1 is 1.67 bits per heavy atom. The summed E-state index contributed by atoms with van der Waals surface area (Å²) in [5, 5.41) is 4.32. The van der Waals surface area contributed by atoms with E-state index in [-0.39, 0.29) is 6.04 Å². The molecule has 1 aliphatic carbocycles. The maximum atomic E-state index is 5.61. The summed E-state index contributed by atoms with van der Waals surface area (Å²) in [6.07, 6.45) is 6.84. The molecule has 1 atom stereocenters. The molecule has 1 saturated carbocycles. The fourth-order valence-corrected chi connectivity index (χ4v) is 2.00. The number of hydrogen-bond acceptors (Lipinski definition) is 3. The predicted molar refractivity (Wildman–Crippen MR) is 59.9 cm³/mol. The molecule has 0 aliphatic heterocycles. The van der Waals surface area contributed by atoms with Gasteiger partial charge in [0.2, 0.25) is 0 Å². The molecule has 0 saturated heterocycles. The van der Waals surface area contributed by atoms with E-state index < -0.39 is 0 Å². The zero-order valence-corrected chi connectivity index (χ0v) is 9.32. The van der Waals surface area contributed by atoms with Gasteiger partial charge >= 0.3 is 0 Å². The Morgan fingerprint density at radius 3 is 3.07 bits per heavy atom. The average molecular weight is 208 g/mol. The molecule has 84 valence electrons. The molecular weight excluding hydrogens is 188 g/mol. The third-order valence-corrected chi connectivity index (χ3v) is 3.01. The van der Waals surface area contributed by atoms with Gasteiger partial charge in [-0.1, -0.05) is 19.8 Å². The highest BCUT2D eigenvalue weighted by Crippen LogP contribution is 2.37. The van der Waals surface area contributed by atoms with Crippen LogP contribution in [0.2, 0.25) is 0 Å². The van der Waals surface area contributed by atoms with Crippen LogP contribution in [0.4, 0.5) is 0 Å². The van der Waals surface area contributed by atoms with E-state index in [0.717, 1.165) is 25.3 Å². The summed E-state index contributed by atoms with van der Waals surface area (Å²) in [5.41, 5.74) is 4.14. The number of nitrogens with two attached hydrogens (primary N) is 1. The van der Waals surface area contributed by atoms with Crippen LogP contribution in [-0.4, -0.2) is 9.78 Å². The Morgan fingerprint density at radius 2 is 2.47 bits per heavy atom. The molecule has 0 aromatic carbocycles. The lowest BCUT2D eigenvalue weighted by Crippen LogP contribution is -2.30. The van der Waals surface area contributed by atoms with Gasteiger partial charge < -0.3 is 0 Å². The summed E-state index contributed by atoms with van der Waals surface area (Å²) in [4.78, 5) is 0. The van der Waals surface area contributed by atoms with Gasteiger partial charge in [-0.3, -0.25) is 16.0 Å². The van der Waals surface area contributed by atoms with Crippen LogP contribution in [0.15, 0.2) is 12.3 Å². The van der Waals surface area contributed by atoms with Crippen molar-refractivity contribution in [2.45, 2.75) is 45.2 Å². The number of aryl methyl sites for hydroxylation is 1. The molecule has 3 N–H and O–H groups in total. The maximum Gasteiger partial charge on any atom is 0.0631 e. The Bertz CT molecular complexity index is 303. The average Bonchev–Trinajstić information content (AvgIpc) is 2.95. The second-order valence-electron chi connectivity index (χ2n) is 4.38. The highest BCUT2D eigenvalue weighted by atomic mass is 15.3. The van der Waals surface area contributed by atoms with Crippen molar-refractivity contribution in [1.29, 1.82) is 0 Å². The van der Waals surface area contributed by atoms with Gasteiger partial charge in [-0.25, -0.2) is 0 Å². The van der Waals surface area contributed by atoms with Crippen molar-refractivity contribution in [3.63, 3.8) is 0 Å². The molecule has 0 radical (unpaired) electrons. The Hall–Kier alpha value is -0.870. The van der Waals surface area contributed by atoms with Crippen molar-refractivity contribution in [3.8, 4) is 0 Å². The number of hydrogen-bond donors (Lipinski definition) is 2. The predicted octanol–water partition coefficient (Wildman–Crippen LogP) is 1.60. The first-order valence-electron chi connectivity index (χ1n) is 5.83. The number of nitrogens with zero attached hydrogens (tertiary/aromatic N) is 2. The van der Waals surface area contributed by atoms with Crippen molar-refractivity contribution in [2.24, 2.45) is 11.8 Å². The Balaban J connectivity index is 2.05. The van der Waals surface area contributed by atoms with E-state index in [0.29, 0.717) is 0 Å². The summed E-state index contributed by atoms with van der Waals surface area (Å²) in [6, 6.07) is 2.34. The van der Waals surface area contributed by atoms with E-state index in [9.17, 15) is 0 Å². The highest BCUT2D eigenvalue weighted by Gasteiger charge is 2.27. The van der Waals surface area contributed by atoms with Crippen LogP contribution in [-0.2, 0) is 6.54 Å². The van der Waals surface area contributed by atoms with Gasteiger partial charge in [0.05, 0.1) is 11.7 Å². The summed E-state index contributed by atoms with van der Waals surface area (Å²) >= 11 is 0. The highest BCUT2D eigenvalue weighted by molar-refractivity contribution is 5.07. The smallest absolute Gasteiger partial charge is 0.0631 e. The van der Waals surface area contributed by atoms with Gasteiger partial charge in [-0.05, 0) is 24.8 Å². The molecule has 1 aromatic heterocycles. The Kier molecular flexibility index (Phi) is 3.38. The van der Waals surface area contributed by atoms with Crippen LogP contribution in [0.5, 0.6) is 0 Å².